The van der Waals surface area contributed by atoms with Crippen LogP contribution in [0.3, 0.4) is 0 Å². The molecule has 0 spiro atoms. The van der Waals surface area contributed by atoms with E-state index < -0.39 is 6.17 Å². The van der Waals surface area contributed by atoms with E-state index in [4.69, 9.17) is 17.3 Å². The van der Waals surface area contributed by atoms with Crippen molar-refractivity contribution in [1.29, 1.82) is 0 Å². The predicted octanol–water partition coefficient (Wildman–Crippen LogP) is 1.53. The molecule has 0 aliphatic rings. The number of hydrogen-bond donors (Lipinski definition) is 1. The maximum absolute atomic E-state index is 11.6. The Morgan fingerprint density at radius 2 is 2.27 bits per heavy atom. The van der Waals surface area contributed by atoms with Crippen LogP contribution in [0.4, 0.5) is 0 Å². The number of halogens is 1. The fraction of sp³-hybridized carbons (Fsp3) is 0.200. The molecular formula is C10H10ClN3O. The Hall–Kier alpha value is -1.39. The summed E-state index contributed by atoms with van der Waals surface area (Å²) in [6.07, 6.45) is 1.09. The number of fused-ring (bicyclic) bond motifs is 1. The molecule has 0 aromatic carbocycles. The zero-order valence-electron chi connectivity index (χ0n) is 8.14. The second-order valence-corrected chi connectivity index (χ2v) is 3.78. The van der Waals surface area contributed by atoms with E-state index in [9.17, 15) is 4.79 Å². The average Bonchev–Trinajstić information content (AvgIpc) is 2.17. The van der Waals surface area contributed by atoms with E-state index in [1.807, 2.05) is 0 Å². The van der Waals surface area contributed by atoms with Crippen LogP contribution in [0, 0.1) is 0 Å². The highest BCUT2D eigenvalue weighted by Crippen LogP contribution is 2.16. The minimum absolute atomic E-state index is 0.160. The third-order valence-corrected chi connectivity index (χ3v) is 2.35. The topological polar surface area (TPSA) is 60.9 Å². The summed E-state index contributed by atoms with van der Waals surface area (Å²) in [6.45, 7) is 1.73. The van der Waals surface area contributed by atoms with Gasteiger partial charge in [-0.2, -0.15) is 0 Å². The van der Waals surface area contributed by atoms with Crippen molar-refractivity contribution >= 4 is 22.6 Å². The van der Waals surface area contributed by atoms with Crippen LogP contribution in [0.25, 0.3) is 11.0 Å². The van der Waals surface area contributed by atoms with Gasteiger partial charge in [-0.1, -0.05) is 11.6 Å². The van der Waals surface area contributed by atoms with Crippen LogP contribution in [-0.4, -0.2) is 9.55 Å². The molecular weight excluding hydrogens is 214 g/mol. The molecule has 2 heterocycles. The number of pyridine rings is 2. The largest absolute Gasteiger partial charge is 0.311 e. The van der Waals surface area contributed by atoms with Gasteiger partial charge in [-0.05, 0) is 19.1 Å². The first kappa shape index (κ1) is 10.1. The Morgan fingerprint density at radius 1 is 1.53 bits per heavy atom. The van der Waals surface area contributed by atoms with Crippen molar-refractivity contribution in [2.24, 2.45) is 5.73 Å². The van der Waals surface area contributed by atoms with Crippen LogP contribution in [0.5, 0.6) is 0 Å². The van der Waals surface area contributed by atoms with Crippen molar-refractivity contribution in [3.05, 3.63) is 39.8 Å². The molecule has 4 nitrogen and oxygen atoms in total. The Morgan fingerprint density at radius 3 is 2.93 bits per heavy atom. The van der Waals surface area contributed by atoms with Gasteiger partial charge in [0, 0.05) is 17.6 Å². The van der Waals surface area contributed by atoms with E-state index >= 15 is 0 Å². The zero-order valence-corrected chi connectivity index (χ0v) is 8.90. The molecule has 0 amide bonds. The Labute approximate surface area is 91.3 Å². The van der Waals surface area contributed by atoms with E-state index in [-0.39, 0.29) is 5.56 Å². The van der Waals surface area contributed by atoms with Crippen molar-refractivity contribution in [2.75, 3.05) is 0 Å². The Balaban J connectivity index is 2.88. The third kappa shape index (κ3) is 1.73. The van der Waals surface area contributed by atoms with Crippen molar-refractivity contribution in [3.8, 4) is 0 Å². The highest BCUT2D eigenvalue weighted by atomic mass is 35.5. The standard InChI is InChI=1S/C10H10ClN3O/c1-6(12)14-9(15)3-2-7-4-8(11)5-13-10(7)14/h2-6H,12H2,1H3. The van der Waals surface area contributed by atoms with Gasteiger partial charge in [0.15, 0.2) is 0 Å². The Kier molecular flexibility index (Phi) is 2.46. The van der Waals surface area contributed by atoms with Gasteiger partial charge in [-0.15, -0.1) is 0 Å². The van der Waals surface area contributed by atoms with E-state index in [0.717, 1.165) is 5.39 Å². The SMILES string of the molecule is CC(N)n1c(=O)ccc2cc(Cl)cnc21. The number of nitrogens with zero attached hydrogens (tertiary/aromatic N) is 2. The molecule has 78 valence electrons. The van der Waals surface area contributed by atoms with E-state index in [1.54, 1.807) is 19.1 Å². The molecule has 1 atom stereocenters. The first-order chi connectivity index (χ1) is 7.09. The fourth-order valence-electron chi connectivity index (χ4n) is 1.51. The molecule has 0 aliphatic carbocycles. The number of hydrogen-bond acceptors (Lipinski definition) is 3. The molecule has 2 aromatic heterocycles. The fourth-order valence-corrected chi connectivity index (χ4v) is 1.68. The third-order valence-electron chi connectivity index (χ3n) is 2.14. The number of nitrogens with two attached hydrogens (primary N) is 1. The Bertz CT molecular complexity index is 562. The zero-order chi connectivity index (χ0) is 11.0. The van der Waals surface area contributed by atoms with Crippen molar-refractivity contribution < 1.29 is 0 Å². The molecule has 0 saturated heterocycles. The molecule has 1 unspecified atom stereocenters. The van der Waals surface area contributed by atoms with E-state index in [0.29, 0.717) is 10.7 Å². The lowest BCUT2D eigenvalue weighted by Gasteiger charge is -2.12. The van der Waals surface area contributed by atoms with Crippen LogP contribution in [0.2, 0.25) is 5.02 Å². The molecule has 0 aliphatic heterocycles. The van der Waals surface area contributed by atoms with Gasteiger partial charge in [0.2, 0.25) is 0 Å². The maximum Gasteiger partial charge on any atom is 0.253 e. The second-order valence-electron chi connectivity index (χ2n) is 3.35. The van der Waals surface area contributed by atoms with Crippen LogP contribution in [0.1, 0.15) is 13.1 Å². The van der Waals surface area contributed by atoms with Gasteiger partial charge < -0.3 is 5.73 Å². The van der Waals surface area contributed by atoms with Crippen molar-refractivity contribution in [1.82, 2.24) is 9.55 Å². The van der Waals surface area contributed by atoms with Gasteiger partial charge >= 0.3 is 0 Å². The lowest BCUT2D eigenvalue weighted by molar-refractivity contribution is 0.568. The van der Waals surface area contributed by atoms with Crippen LogP contribution >= 0.6 is 11.6 Å². The second kappa shape index (κ2) is 3.64. The first-order valence-electron chi connectivity index (χ1n) is 4.52. The number of rotatable bonds is 1. The van der Waals surface area contributed by atoms with Crippen LogP contribution < -0.4 is 11.3 Å². The quantitative estimate of drug-likeness (QED) is 0.798. The van der Waals surface area contributed by atoms with Crippen molar-refractivity contribution in [2.45, 2.75) is 13.1 Å². The maximum atomic E-state index is 11.6. The number of aromatic nitrogens is 2. The lowest BCUT2D eigenvalue weighted by atomic mass is 10.3. The molecule has 2 aromatic rings. The molecule has 0 bridgehead atoms. The van der Waals surface area contributed by atoms with Gasteiger partial charge in [0.25, 0.3) is 5.56 Å². The summed E-state index contributed by atoms with van der Waals surface area (Å²) in [7, 11) is 0. The van der Waals surface area contributed by atoms with Crippen molar-refractivity contribution in [3.63, 3.8) is 0 Å². The van der Waals surface area contributed by atoms with Gasteiger partial charge in [-0.25, -0.2) is 4.98 Å². The molecule has 15 heavy (non-hydrogen) atoms. The minimum atomic E-state index is -0.408. The summed E-state index contributed by atoms with van der Waals surface area (Å²) in [6, 6.07) is 4.90. The van der Waals surface area contributed by atoms with Crippen LogP contribution in [0.15, 0.2) is 29.2 Å². The highest BCUT2D eigenvalue weighted by Gasteiger charge is 2.07. The average molecular weight is 224 g/mol. The van der Waals surface area contributed by atoms with E-state index in [1.165, 1.54) is 16.8 Å². The summed E-state index contributed by atoms with van der Waals surface area (Å²) in [4.78, 5) is 15.7. The smallest absolute Gasteiger partial charge is 0.253 e. The molecule has 2 rings (SSSR count). The summed E-state index contributed by atoms with van der Waals surface area (Å²) < 4.78 is 1.44. The van der Waals surface area contributed by atoms with E-state index in [2.05, 4.69) is 4.98 Å². The first-order valence-corrected chi connectivity index (χ1v) is 4.90. The molecule has 0 fully saturated rings. The highest BCUT2D eigenvalue weighted by molar-refractivity contribution is 6.31. The summed E-state index contributed by atoms with van der Waals surface area (Å²) >= 11 is 5.81. The van der Waals surface area contributed by atoms with Gasteiger partial charge in [-0.3, -0.25) is 9.36 Å². The van der Waals surface area contributed by atoms with Gasteiger partial charge in [0.1, 0.15) is 5.65 Å². The summed E-state index contributed by atoms with van der Waals surface area (Å²) in [5.41, 5.74) is 6.11. The molecule has 0 radical (unpaired) electrons. The van der Waals surface area contributed by atoms with Crippen LogP contribution in [-0.2, 0) is 0 Å². The molecule has 2 N–H and O–H groups in total. The molecule has 0 saturated carbocycles. The monoisotopic (exact) mass is 223 g/mol. The summed E-state index contributed by atoms with van der Waals surface area (Å²) in [5.74, 6) is 0. The lowest BCUT2D eigenvalue weighted by Crippen LogP contribution is -2.28. The predicted molar refractivity (Wildman–Crippen MR) is 59.9 cm³/mol. The van der Waals surface area contributed by atoms with Gasteiger partial charge in [0.05, 0.1) is 11.2 Å². The normalized spacial score (nSPS) is 13.0. The minimum Gasteiger partial charge on any atom is -0.311 e. The summed E-state index contributed by atoms with van der Waals surface area (Å²) in [5, 5.41) is 1.34. The molecule has 5 heteroatoms.